The molecule has 114 valence electrons. The lowest BCUT2D eigenvalue weighted by atomic mass is 10.00. The van der Waals surface area contributed by atoms with E-state index in [1.54, 1.807) is 19.1 Å². The summed E-state index contributed by atoms with van der Waals surface area (Å²) in [6.45, 7) is 5.78. The van der Waals surface area contributed by atoms with Crippen LogP contribution < -0.4 is 5.32 Å². The maximum absolute atomic E-state index is 12.3. The van der Waals surface area contributed by atoms with Gasteiger partial charge in [0.15, 0.2) is 0 Å². The lowest BCUT2D eigenvalue weighted by Crippen LogP contribution is -2.18. The maximum atomic E-state index is 12.3. The first-order valence-corrected chi connectivity index (χ1v) is 7.01. The monoisotopic (exact) mass is 298 g/mol. The first kappa shape index (κ1) is 15.7. The molecular weight excluding hydrogens is 280 g/mol. The second-order valence-electron chi connectivity index (χ2n) is 5.36. The second-order valence-corrected chi connectivity index (χ2v) is 5.36. The SMILES string of the molecule is Cc1ccc(NC(=O)[C@@H](C)c2ccc([N+](=O)[O-])cc2)cc1C. The van der Waals surface area contributed by atoms with E-state index in [-0.39, 0.29) is 17.5 Å². The highest BCUT2D eigenvalue weighted by Gasteiger charge is 2.16. The van der Waals surface area contributed by atoms with Crippen LogP contribution in [-0.4, -0.2) is 10.8 Å². The van der Waals surface area contributed by atoms with E-state index in [2.05, 4.69) is 5.32 Å². The summed E-state index contributed by atoms with van der Waals surface area (Å²) in [4.78, 5) is 22.5. The third kappa shape index (κ3) is 3.49. The molecule has 0 fully saturated rings. The molecule has 0 heterocycles. The lowest BCUT2D eigenvalue weighted by Gasteiger charge is -2.13. The quantitative estimate of drug-likeness (QED) is 0.686. The Morgan fingerprint density at radius 2 is 1.73 bits per heavy atom. The zero-order valence-electron chi connectivity index (χ0n) is 12.8. The molecule has 0 aliphatic rings. The summed E-state index contributed by atoms with van der Waals surface area (Å²) in [5, 5.41) is 13.5. The van der Waals surface area contributed by atoms with Crippen molar-refractivity contribution in [2.75, 3.05) is 5.32 Å². The highest BCUT2D eigenvalue weighted by molar-refractivity contribution is 5.95. The van der Waals surface area contributed by atoms with E-state index in [1.807, 2.05) is 32.0 Å². The largest absolute Gasteiger partial charge is 0.326 e. The van der Waals surface area contributed by atoms with Crippen molar-refractivity contribution < 1.29 is 9.72 Å². The van der Waals surface area contributed by atoms with Gasteiger partial charge in [-0.05, 0) is 49.6 Å². The van der Waals surface area contributed by atoms with Crippen molar-refractivity contribution in [2.24, 2.45) is 0 Å². The summed E-state index contributed by atoms with van der Waals surface area (Å²) in [6.07, 6.45) is 0. The van der Waals surface area contributed by atoms with Crippen molar-refractivity contribution in [3.05, 3.63) is 69.3 Å². The van der Waals surface area contributed by atoms with Gasteiger partial charge in [0.1, 0.15) is 0 Å². The Bertz CT molecular complexity index is 708. The molecule has 0 radical (unpaired) electrons. The van der Waals surface area contributed by atoms with Crippen molar-refractivity contribution in [1.29, 1.82) is 0 Å². The molecule has 22 heavy (non-hydrogen) atoms. The highest BCUT2D eigenvalue weighted by atomic mass is 16.6. The van der Waals surface area contributed by atoms with Crippen LogP contribution in [0.15, 0.2) is 42.5 Å². The molecule has 5 nitrogen and oxygen atoms in total. The molecule has 0 unspecified atom stereocenters. The third-order valence-corrected chi connectivity index (χ3v) is 3.77. The molecule has 1 N–H and O–H groups in total. The Kier molecular flexibility index (Phi) is 4.56. The molecule has 0 aliphatic heterocycles. The number of rotatable bonds is 4. The number of carbonyl (C=O) groups is 1. The topological polar surface area (TPSA) is 72.2 Å². The second kappa shape index (κ2) is 6.39. The first-order chi connectivity index (χ1) is 10.4. The van der Waals surface area contributed by atoms with Gasteiger partial charge in [-0.1, -0.05) is 18.2 Å². The molecule has 1 atom stereocenters. The number of aryl methyl sites for hydroxylation is 2. The molecule has 1 amide bonds. The fourth-order valence-electron chi connectivity index (χ4n) is 2.11. The van der Waals surface area contributed by atoms with E-state index >= 15 is 0 Å². The Balaban J connectivity index is 2.11. The minimum absolute atomic E-state index is 0.0190. The molecule has 0 spiro atoms. The van der Waals surface area contributed by atoms with Gasteiger partial charge >= 0.3 is 0 Å². The minimum Gasteiger partial charge on any atom is -0.326 e. The van der Waals surface area contributed by atoms with Crippen LogP contribution in [0.3, 0.4) is 0 Å². The summed E-state index contributed by atoms with van der Waals surface area (Å²) in [7, 11) is 0. The zero-order chi connectivity index (χ0) is 16.3. The van der Waals surface area contributed by atoms with Gasteiger partial charge in [0.05, 0.1) is 10.8 Å². The number of benzene rings is 2. The van der Waals surface area contributed by atoms with Crippen LogP contribution in [0.2, 0.25) is 0 Å². The molecule has 2 rings (SSSR count). The first-order valence-electron chi connectivity index (χ1n) is 7.01. The number of carbonyl (C=O) groups excluding carboxylic acids is 1. The van der Waals surface area contributed by atoms with Gasteiger partial charge in [0.2, 0.25) is 5.91 Å². The Hall–Kier alpha value is -2.69. The Morgan fingerprint density at radius 3 is 2.27 bits per heavy atom. The number of nitrogens with one attached hydrogen (secondary N) is 1. The van der Waals surface area contributed by atoms with Crippen LogP contribution >= 0.6 is 0 Å². The van der Waals surface area contributed by atoms with Crippen molar-refractivity contribution in [2.45, 2.75) is 26.7 Å². The smallest absolute Gasteiger partial charge is 0.269 e. The predicted molar refractivity (Wildman–Crippen MR) is 86.1 cm³/mol. The van der Waals surface area contributed by atoms with E-state index in [0.717, 1.165) is 16.8 Å². The maximum Gasteiger partial charge on any atom is 0.269 e. The number of anilines is 1. The summed E-state index contributed by atoms with van der Waals surface area (Å²) in [6, 6.07) is 11.8. The molecule has 2 aromatic rings. The van der Waals surface area contributed by atoms with Gasteiger partial charge < -0.3 is 5.32 Å². The molecule has 0 aromatic heterocycles. The number of nitro benzene ring substituents is 1. The third-order valence-electron chi connectivity index (χ3n) is 3.77. The lowest BCUT2D eigenvalue weighted by molar-refractivity contribution is -0.384. The minimum atomic E-state index is -0.455. The number of hydrogen-bond donors (Lipinski definition) is 1. The van der Waals surface area contributed by atoms with E-state index in [4.69, 9.17) is 0 Å². The molecule has 5 heteroatoms. The average Bonchev–Trinajstić information content (AvgIpc) is 2.50. The molecule has 0 saturated heterocycles. The van der Waals surface area contributed by atoms with Gasteiger partial charge in [-0.15, -0.1) is 0 Å². The summed E-state index contributed by atoms with van der Waals surface area (Å²) < 4.78 is 0. The van der Waals surface area contributed by atoms with Gasteiger partial charge in [-0.3, -0.25) is 14.9 Å². The Labute approximate surface area is 129 Å². The molecule has 0 bridgehead atoms. The van der Waals surface area contributed by atoms with Crippen molar-refractivity contribution in [3.63, 3.8) is 0 Å². The van der Waals surface area contributed by atoms with Crippen LogP contribution in [0.1, 0.15) is 29.5 Å². The molecular formula is C17H18N2O3. The van der Waals surface area contributed by atoms with E-state index < -0.39 is 4.92 Å². The van der Waals surface area contributed by atoms with Gasteiger partial charge in [-0.2, -0.15) is 0 Å². The molecule has 0 saturated carbocycles. The number of hydrogen-bond acceptors (Lipinski definition) is 3. The van der Waals surface area contributed by atoms with Crippen LogP contribution in [0.25, 0.3) is 0 Å². The van der Waals surface area contributed by atoms with E-state index in [9.17, 15) is 14.9 Å². The highest BCUT2D eigenvalue weighted by Crippen LogP contribution is 2.22. The fraction of sp³-hybridized carbons (Fsp3) is 0.235. The Morgan fingerprint density at radius 1 is 1.09 bits per heavy atom. The van der Waals surface area contributed by atoms with Gasteiger partial charge in [0, 0.05) is 17.8 Å². The van der Waals surface area contributed by atoms with E-state index in [0.29, 0.717) is 0 Å². The predicted octanol–water partition coefficient (Wildman–Crippen LogP) is 3.95. The van der Waals surface area contributed by atoms with Crippen LogP contribution in [0.5, 0.6) is 0 Å². The zero-order valence-corrected chi connectivity index (χ0v) is 12.8. The van der Waals surface area contributed by atoms with Gasteiger partial charge in [-0.25, -0.2) is 0 Å². The summed E-state index contributed by atoms with van der Waals surface area (Å²) in [5.74, 6) is -0.528. The summed E-state index contributed by atoms with van der Waals surface area (Å²) >= 11 is 0. The van der Waals surface area contributed by atoms with Crippen LogP contribution in [0, 0.1) is 24.0 Å². The standard InChI is InChI=1S/C17H18N2O3/c1-11-4-7-15(10-12(11)2)18-17(20)13(3)14-5-8-16(9-6-14)19(21)22/h4-10,13H,1-3H3,(H,18,20)/t13-/m0/s1. The van der Waals surface area contributed by atoms with Gasteiger partial charge in [0.25, 0.3) is 5.69 Å². The van der Waals surface area contributed by atoms with Crippen molar-refractivity contribution in [1.82, 2.24) is 0 Å². The number of non-ortho nitro benzene ring substituents is 1. The summed E-state index contributed by atoms with van der Waals surface area (Å²) in [5.41, 5.74) is 3.79. The normalized spacial score (nSPS) is 11.8. The number of nitro groups is 1. The van der Waals surface area contributed by atoms with Crippen LogP contribution in [-0.2, 0) is 4.79 Å². The number of amides is 1. The molecule has 2 aromatic carbocycles. The van der Waals surface area contributed by atoms with Crippen molar-refractivity contribution >= 4 is 17.3 Å². The van der Waals surface area contributed by atoms with Crippen LogP contribution in [0.4, 0.5) is 11.4 Å². The fourth-order valence-corrected chi connectivity index (χ4v) is 2.11. The number of nitrogens with zero attached hydrogens (tertiary/aromatic N) is 1. The molecule has 0 aliphatic carbocycles. The van der Waals surface area contributed by atoms with Crippen molar-refractivity contribution in [3.8, 4) is 0 Å². The average molecular weight is 298 g/mol. The van der Waals surface area contributed by atoms with E-state index in [1.165, 1.54) is 17.7 Å².